The lowest BCUT2D eigenvalue weighted by Crippen LogP contribution is -2.21. The molecule has 94 valence electrons. The van der Waals surface area contributed by atoms with Gasteiger partial charge in [-0.1, -0.05) is 0 Å². The van der Waals surface area contributed by atoms with Crippen LogP contribution in [0.3, 0.4) is 0 Å². The maximum absolute atomic E-state index is 11.4. The molecule has 8 nitrogen and oxygen atoms in total. The van der Waals surface area contributed by atoms with Gasteiger partial charge in [0.05, 0.1) is 4.92 Å². The zero-order valence-electron chi connectivity index (χ0n) is 9.08. The number of carbonyl (C=O) groups is 2. The molecule has 0 amide bonds. The van der Waals surface area contributed by atoms with Crippen molar-refractivity contribution in [2.24, 2.45) is 0 Å². The van der Waals surface area contributed by atoms with Crippen LogP contribution >= 0.6 is 0 Å². The molecule has 3 N–H and O–H groups in total. The van der Waals surface area contributed by atoms with Crippen molar-refractivity contribution in [2.45, 2.75) is 0 Å². The predicted molar refractivity (Wildman–Crippen MR) is 61.4 cm³/mol. The van der Waals surface area contributed by atoms with Crippen molar-refractivity contribution >= 4 is 29.3 Å². The molecule has 0 radical (unpaired) electrons. The van der Waals surface area contributed by atoms with E-state index in [0.717, 1.165) is 6.07 Å². The first-order valence-corrected chi connectivity index (χ1v) is 4.68. The van der Waals surface area contributed by atoms with E-state index in [2.05, 4.69) is 4.74 Å². The summed E-state index contributed by atoms with van der Waals surface area (Å²) in [5.74, 6) is -0.797. The zero-order chi connectivity index (χ0) is 13.7. The maximum Gasteiger partial charge on any atom is 0.293 e. The molecule has 0 spiro atoms. The van der Waals surface area contributed by atoms with Crippen LogP contribution in [-0.2, 0) is 14.3 Å². The second kappa shape index (κ2) is 5.53. The number of carbonyl (C=O) groups excluding carboxylic acids is 2. The van der Waals surface area contributed by atoms with Crippen molar-refractivity contribution in [3.8, 4) is 0 Å². The maximum atomic E-state index is 11.4. The van der Waals surface area contributed by atoms with Crippen LogP contribution in [0.1, 0.15) is 5.56 Å². The van der Waals surface area contributed by atoms with Gasteiger partial charge in [-0.3, -0.25) is 25.1 Å². The molecule has 0 unspecified atom stereocenters. The van der Waals surface area contributed by atoms with Crippen molar-refractivity contribution < 1.29 is 19.2 Å². The third-order valence-corrected chi connectivity index (χ3v) is 2.08. The molecule has 0 aliphatic rings. The fraction of sp³-hybridized carbons (Fsp3) is 0.100. The van der Waals surface area contributed by atoms with Crippen LogP contribution in [0.2, 0.25) is 0 Å². The molecule has 0 atom stereocenters. The standard InChI is InChI=1S/C10H9N3O5/c11-8-2-1-6(13(16)17)3-7(8)10(12)9(15)4-18-5-14/h1-3,5,12H,4,11H2. The lowest BCUT2D eigenvalue weighted by molar-refractivity contribution is -0.384. The lowest BCUT2D eigenvalue weighted by Gasteiger charge is -2.05. The van der Waals surface area contributed by atoms with Crippen LogP contribution < -0.4 is 5.73 Å². The van der Waals surface area contributed by atoms with E-state index in [1.165, 1.54) is 12.1 Å². The number of benzene rings is 1. The third kappa shape index (κ3) is 2.88. The van der Waals surface area contributed by atoms with Crippen LogP contribution in [0.4, 0.5) is 11.4 Å². The first kappa shape index (κ1) is 13.3. The van der Waals surface area contributed by atoms with Gasteiger partial charge in [0.1, 0.15) is 5.71 Å². The van der Waals surface area contributed by atoms with Gasteiger partial charge in [0.2, 0.25) is 5.78 Å². The summed E-state index contributed by atoms with van der Waals surface area (Å²) in [6, 6.07) is 3.42. The number of nitrogen functional groups attached to an aromatic ring is 1. The topological polar surface area (TPSA) is 136 Å². The van der Waals surface area contributed by atoms with E-state index >= 15 is 0 Å². The van der Waals surface area contributed by atoms with Crippen molar-refractivity contribution in [3.05, 3.63) is 33.9 Å². The van der Waals surface area contributed by atoms with Gasteiger partial charge < -0.3 is 10.5 Å². The Kier molecular flexibility index (Phi) is 4.08. The summed E-state index contributed by atoms with van der Waals surface area (Å²) in [5, 5.41) is 18.1. The Balaban J connectivity index is 3.04. The molecule has 8 heteroatoms. The molecular formula is C10H9N3O5. The summed E-state index contributed by atoms with van der Waals surface area (Å²) < 4.78 is 4.21. The van der Waals surface area contributed by atoms with Crippen molar-refractivity contribution in [1.29, 1.82) is 5.41 Å². The molecule has 0 aliphatic heterocycles. The summed E-state index contributed by atoms with van der Waals surface area (Å²) in [7, 11) is 0. The molecule has 18 heavy (non-hydrogen) atoms. The molecule has 0 saturated carbocycles. The first-order valence-electron chi connectivity index (χ1n) is 4.68. The number of nitro groups is 1. The van der Waals surface area contributed by atoms with E-state index in [9.17, 15) is 19.7 Å². The number of ketones is 1. The Morgan fingerprint density at radius 2 is 2.22 bits per heavy atom. The molecule has 0 heterocycles. The van der Waals surface area contributed by atoms with E-state index in [-0.39, 0.29) is 23.4 Å². The lowest BCUT2D eigenvalue weighted by atomic mass is 10.0. The van der Waals surface area contributed by atoms with Crippen LogP contribution in [-0.4, -0.2) is 29.5 Å². The molecule has 1 aromatic rings. The fourth-order valence-electron chi connectivity index (χ4n) is 1.21. The number of hydrogen-bond donors (Lipinski definition) is 2. The number of nitrogens with one attached hydrogen (secondary N) is 1. The van der Waals surface area contributed by atoms with Gasteiger partial charge in [0.25, 0.3) is 12.2 Å². The highest BCUT2D eigenvalue weighted by atomic mass is 16.6. The molecule has 0 aliphatic carbocycles. The SMILES string of the molecule is N=C(C(=O)COC=O)c1cc([N+](=O)[O-])ccc1N. The third-order valence-electron chi connectivity index (χ3n) is 2.08. The van der Waals surface area contributed by atoms with E-state index in [4.69, 9.17) is 11.1 Å². The Morgan fingerprint density at radius 1 is 1.56 bits per heavy atom. The van der Waals surface area contributed by atoms with Gasteiger partial charge >= 0.3 is 0 Å². The predicted octanol–water partition coefficient (Wildman–Crippen LogP) is 0.287. The second-order valence-electron chi connectivity index (χ2n) is 3.23. The highest BCUT2D eigenvalue weighted by molar-refractivity contribution is 6.46. The van der Waals surface area contributed by atoms with Gasteiger partial charge in [-0.2, -0.15) is 0 Å². The Hall–Kier alpha value is -2.77. The number of Topliss-reactive ketones (excluding diaryl/α,β-unsaturated/α-hetero) is 1. The minimum atomic E-state index is -0.797. The number of nitrogens with zero attached hydrogens (tertiary/aromatic N) is 1. The first-order chi connectivity index (χ1) is 8.47. The minimum absolute atomic E-state index is 0.0602. The number of nitro benzene ring substituents is 1. The average molecular weight is 251 g/mol. The molecule has 1 aromatic carbocycles. The van der Waals surface area contributed by atoms with Crippen LogP contribution in [0.5, 0.6) is 0 Å². The smallest absolute Gasteiger partial charge is 0.293 e. The summed E-state index contributed by atoms with van der Waals surface area (Å²) in [5.41, 5.74) is 4.70. The van der Waals surface area contributed by atoms with E-state index in [0.29, 0.717) is 0 Å². The minimum Gasteiger partial charge on any atom is -0.459 e. The van der Waals surface area contributed by atoms with Gasteiger partial charge in [-0.05, 0) is 6.07 Å². The van der Waals surface area contributed by atoms with Gasteiger partial charge in [-0.15, -0.1) is 0 Å². The Bertz CT molecular complexity index is 526. The highest BCUT2D eigenvalue weighted by Gasteiger charge is 2.18. The number of ether oxygens (including phenoxy) is 1. The highest BCUT2D eigenvalue weighted by Crippen LogP contribution is 2.20. The number of non-ortho nitro benzene ring substituents is 1. The molecule has 0 fully saturated rings. The summed E-state index contributed by atoms with van der Waals surface area (Å²) in [6.45, 7) is -0.535. The number of nitrogens with two attached hydrogens (primary N) is 1. The molecular weight excluding hydrogens is 242 g/mol. The van der Waals surface area contributed by atoms with Crippen molar-refractivity contribution in [2.75, 3.05) is 12.3 Å². The van der Waals surface area contributed by atoms with Crippen molar-refractivity contribution in [1.82, 2.24) is 0 Å². The zero-order valence-corrected chi connectivity index (χ0v) is 9.08. The Labute approximate surface area is 101 Å². The normalized spacial score (nSPS) is 9.56. The quantitative estimate of drug-likeness (QED) is 0.245. The van der Waals surface area contributed by atoms with E-state index in [1.54, 1.807) is 0 Å². The summed E-state index contributed by atoms with van der Waals surface area (Å²) in [4.78, 5) is 31.2. The monoisotopic (exact) mass is 251 g/mol. The molecule has 1 rings (SSSR count). The van der Waals surface area contributed by atoms with Gasteiger partial charge in [0.15, 0.2) is 6.61 Å². The van der Waals surface area contributed by atoms with E-state index in [1.807, 2.05) is 0 Å². The largest absolute Gasteiger partial charge is 0.459 e. The van der Waals surface area contributed by atoms with Gasteiger partial charge in [0, 0.05) is 23.4 Å². The van der Waals surface area contributed by atoms with Crippen molar-refractivity contribution in [3.63, 3.8) is 0 Å². The molecule has 0 aromatic heterocycles. The molecule has 0 saturated heterocycles. The van der Waals surface area contributed by atoms with Gasteiger partial charge in [-0.25, -0.2) is 0 Å². The second-order valence-corrected chi connectivity index (χ2v) is 3.23. The number of rotatable bonds is 6. The van der Waals surface area contributed by atoms with E-state index < -0.39 is 23.0 Å². The average Bonchev–Trinajstić information content (AvgIpc) is 2.35. The summed E-state index contributed by atoms with van der Waals surface area (Å²) >= 11 is 0. The fourth-order valence-corrected chi connectivity index (χ4v) is 1.21. The van der Waals surface area contributed by atoms with Crippen LogP contribution in [0.25, 0.3) is 0 Å². The Morgan fingerprint density at radius 3 is 2.78 bits per heavy atom. The number of anilines is 1. The number of hydrogen-bond acceptors (Lipinski definition) is 7. The summed E-state index contributed by atoms with van der Waals surface area (Å²) in [6.07, 6.45) is 0. The molecule has 0 bridgehead atoms. The van der Waals surface area contributed by atoms with Crippen LogP contribution in [0.15, 0.2) is 18.2 Å². The van der Waals surface area contributed by atoms with Crippen LogP contribution in [0, 0.1) is 15.5 Å².